The van der Waals surface area contributed by atoms with Crippen molar-refractivity contribution in [2.24, 2.45) is 0 Å². The summed E-state index contributed by atoms with van der Waals surface area (Å²) in [5, 5.41) is 13.3. The predicted molar refractivity (Wildman–Crippen MR) is 157 cm³/mol. The maximum Gasteiger partial charge on any atom is 0.257 e. The van der Waals surface area contributed by atoms with E-state index in [1.165, 1.54) is 16.9 Å². The lowest BCUT2D eigenvalue weighted by Crippen LogP contribution is -2.20. The van der Waals surface area contributed by atoms with Crippen molar-refractivity contribution in [2.45, 2.75) is 36.6 Å². The fraction of sp³-hybridized carbons (Fsp3) is 0.214. The third kappa shape index (κ3) is 5.21. The molecule has 1 saturated carbocycles. The second-order valence-corrected chi connectivity index (χ2v) is 13.3. The van der Waals surface area contributed by atoms with Gasteiger partial charge in [-0.3, -0.25) is 9.48 Å². The Balaban J connectivity index is 1.20. The third-order valence-corrected chi connectivity index (χ3v) is 9.73. The molecule has 5 aromatic rings. The second kappa shape index (κ2) is 10.4. The highest BCUT2D eigenvalue weighted by atomic mass is 35.5. The number of sulfone groups is 1. The van der Waals surface area contributed by atoms with E-state index < -0.39 is 15.3 Å². The molecule has 6 rings (SSSR count). The van der Waals surface area contributed by atoms with Gasteiger partial charge in [-0.2, -0.15) is 10.1 Å². The maximum absolute atomic E-state index is 12.9. The number of fused-ring (bicyclic) bond motifs is 1. The lowest BCUT2D eigenvalue weighted by molar-refractivity contribution is -0.116. The molecule has 13 heteroatoms. The minimum Gasteiger partial charge on any atom is -0.334 e. The summed E-state index contributed by atoms with van der Waals surface area (Å²) in [7, 11) is -3.35. The summed E-state index contributed by atoms with van der Waals surface area (Å²) in [6.45, 7) is 1.49. The predicted octanol–water partition coefficient (Wildman–Crippen LogP) is 6.56. The van der Waals surface area contributed by atoms with Gasteiger partial charge in [0, 0.05) is 37.3 Å². The molecule has 210 valence electrons. The second-order valence-electron chi connectivity index (χ2n) is 9.80. The number of amides is 1. The Morgan fingerprint density at radius 1 is 1.05 bits per heavy atom. The first-order chi connectivity index (χ1) is 19.6. The molecule has 0 unspecified atom stereocenters. The van der Waals surface area contributed by atoms with Crippen LogP contribution in [0.15, 0.2) is 70.2 Å². The molecule has 0 spiro atoms. The number of carbonyl (C=O) groups excluding carboxylic acids is 1. The van der Waals surface area contributed by atoms with Crippen LogP contribution in [0.3, 0.4) is 0 Å². The van der Waals surface area contributed by atoms with Crippen LogP contribution in [0.5, 0.6) is 0 Å². The lowest BCUT2D eigenvalue weighted by Gasteiger charge is -2.17. The topological polar surface area (TPSA) is 120 Å². The summed E-state index contributed by atoms with van der Waals surface area (Å²) in [6.07, 6.45) is 3.02. The highest BCUT2D eigenvalue weighted by Crippen LogP contribution is 2.57. The molecule has 1 aliphatic carbocycles. The number of hydrogen-bond donors (Lipinski definition) is 1. The van der Waals surface area contributed by atoms with E-state index in [9.17, 15) is 13.2 Å². The standard InChI is InChI=1S/C28H22Cl3N5O4S/c1-2-41(38,39)20-7-8-23-17(11-20)14-32-36(23)15-24(37)33-19-12-21(30)25(22(31)13-19)28(9-10-28)27-34-26(40-35-27)16-3-5-18(29)6-4-16/h3-8,11-14H,2,9-10,15H2,1H3,(H,33,37). The van der Waals surface area contributed by atoms with E-state index in [-0.39, 0.29) is 23.1 Å². The van der Waals surface area contributed by atoms with E-state index in [2.05, 4.69) is 20.6 Å². The van der Waals surface area contributed by atoms with Gasteiger partial charge in [-0.15, -0.1) is 0 Å². The summed E-state index contributed by atoms with van der Waals surface area (Å²) in [4.78, 5) is 17.7. The van der Waals surface area contributed by atoms with Gasteiger partial charge in [-0.25, -0.2) is 8.42 Å². The van der Waals surface area contributed by atoms with Crippen LogP contribution in [0.4, 0.5) is 5.69 Å². The van der Waals surface area contributed by atoms with E-state index >= 15 is 0 Å². The zero-order valence-corrected chi connectivity index (χ0v) is 24.7. The quantitative estimate of drug-likeness (QED) is 0.206. The molecule has 2 heterocycles. The Morgan fingerprint density at radius 2 is 1.76 bits per heavy atom. The monoisotopic (exact) mass is 629 g/mol. The molecule has 3 aromatic carbocycles. The molecule has 1 N–H and O–H groups in total. The Hall–Kier alpha value is -3.44. The van der Waals surface area contributed by atoms with Crippen LogP contribution in [-0.4, -0.2) is 40.0 Å². The Morgan fingerprint density at radius 3 is 2.41 bits per heavy atom. The molecule has 0 bridgehead atoms. The van der Waals surface area contributed by atoms with Gasteiger partial charge < -0.3 is 9.84 Å². The lowest BCUT2D eigenvalue weighted by atomic mass is 9.94. The molecule has 1 aliphatic rings. The fourth-order valence-electron chi connectivity index (χ4n) is 4.83. The van der Waals surface area contributed by atoms with Gasteiger partial charge in [0.1, 0.15) is 6.54 Å². The van der Waals surface area contributed by atoms with Gasteiger partial charge >= 0.3 is 0 Å². The van der Waals surface area contributed by atoms with Crippen molar-refractivity contribution in [2.75, 3.05) is 11.1 Å². The first-order valence-corrected chi connectivity index (χ1v) is 15.5. The van der Waals surface area contributed by atoms with Crippen LogP contribution in [0.25, 0.3) is 22.4 Å². The van der Waals surface area contributed by atoms with Crippen LogP contribution in [-0.2, 0) is 26.6 Å². The van der Waals surface area contributed by atoms with E-state index in [4.69, 9.17) is 39.3 Å². The number of anilines is 1. The molecular weight excluding hydrogens is 609 g/mol. The third-order valence-electron chi connectivity index (χ3n) is 7.15. The zero-order valence-electron chi connectivity index (χ0n) is 21.6. The molecular formula is C28H22Cl3N5O4S. The molecule has 2 aromatic heterocycles. The zero-order chi connectivity index (χ0) is 28.9. The Labute approximate surface area is 250 Å². The normalized spacial score (nSPS) is 14.3. The van der Waals surface area contributed by atoms with Crippen LogP contribution >= 0.6 is 34.8 Å². The van der Waals surface area contributed by atoms with Gasteiger partial charge in [0.15, 0.2) is 15.7 Å². The number of rotatable bonds is 8. The highest BCUT2D eigenvalue weighted by Gasteiger charge is 2.52. The summed E-state index contributed by atoms with van der Waals surface area (Å²) < 4.78 is 31.4. The van der Waals surface area contributed by atoms with Crippen molar-refractivity contribution in [1.29, 1.82) is 0 Å². The van der Waals surface area contributed by atoms with Gasteiger partial charge in [0.2, 0.25) is 5.91 Å². The molecule has 0 atom stereocenters. The first-order valence-electron chi connectivity index (χ1n) is 12.7. The summed E-state index contributed by atoms with van der Waals surface area (Å²) >= 11 is 19.4. The van der Waals surface area contributed by atoms with E-state index in [1.54, 1.807) is 55.5 Å². The molecule has 0 radical (unpaired) electrons. The molecule has 1 fully saturated rings. The van der Waals surface area contributed by atoms with Crippen molar-refractivity contribution in [1.82, 2.24) is 19.9 Å². The number of carbonyl (C=O) groups is 1. The van der Waals surface area contributed by atoms with E-state index in [1.807, 2.05) is 0 Å². The largest absolute Gasteiger partial charge is 0.334 e. The van der Waals surface area contributed by atoms with Crippen molar-refractivity contribution in [3.05, 3.63) is 87.2 Å². The van der Waals surface area contributed by atoms with Crippen molar-refractivity contribution < 1.29 is 17.7 Å². The number of nitrogens with zero attached hydrogens (tertiary/aromatic N) is 4. The van der Waals surface area contributed by atoms with Gasteiger partial charge in [0.25, 0.3) is 5.89 Å². The minimum atomic E-state index is -3.35. The molecule has 0 saturated heterocycles. The van der Waals surface area contributed by atoms with E-state index in [0.29, 0.717) is 48.9 Å². The number of benzene rings is 3. The first kappa shape index (κ1) is 27.7. The number of halogens is 3. The van der Waals surface area contributed by atoms with Gasteiger partial charge in [-0.1, -0.05) is 46.9 Å². The smallest absolute Gasteiger partial charge is 0.257 e. The summed E-state index contributed by atoms with van der Waals surface area (Å²) in [5.74, 6) is 0.503. The minimum absolute atomic E-state index is 0.000372. The number of aromatic nitrogens is 4. The highest BCUT2D eigenvalue weighted by molar-refractivity contribution is 7.91. The number of hydrogen-bond acceptors (Lipinski definition) is 7. The average molecular weight is 631 g/mol. The van der Waals surface area contributed by atoms with Gasteiger partial charge in [0.05, 0.1) is 27.8 Å². The molecule has 9 nitrogen and oxygen atoms in total. The molecule has 41 heavy (non-hydrogen) atoms. The number of nitrogens with one attached hydrogen (secondary N) is 1. The summed E-state index contributed by atoms with van der Waals surface area (Å²) in [6, 6.07) is 15.1. The van der Waals surface area contributed by atoms with Crippen LogP contribution < -0.4 is 5.32 Å². The fourth-order valence-corrected chi connectivity index (χ4v) is 6.72. The Kier molecular flexibility index (Phi) is 7.05. The van der Waals surface area contributed by atoms with Gasteiger partial charge in [-0.05, 0) is 67.4 Å². The average Bonchev–Trinajstić information content (AvgIpc) is 3.38. The Bertz CT molecular complexity index is 1890. The maximum atomic E-state index is 12.9. The SMILES string of the molecule is CCS(=O)(=O)c1ccc2c(cnn2CC(=O)Nc2cc(Cl)c(C3(c4noc(-c5ccc(Cl)cc5)n4)CC3)c(Cl)c2)c1. The molecule has 0 aliphatic heterocycles. The molecule has 1 amide bonds. The summed E-state index contributed by atoms with van der Waals surface area (Å²) in [5.41, 5.74) is 1.90. The van der Waals surface area contributed by atoms with E-state index in [0.717, 1.165) is 18.4 Å². The van der Waals surface area contributed by atoms with Crippen molar-refractivity contribution >= 4 is 67.1 Å². The van der Waals surface area contributed by atoms with Crippen LogP contribution in [0, 0.1) is 0 Å². The van der Waals surface area contributed by atoms with Crippen molar-refractivity contribution in [3.8, 4) is 11.5 Å². The van der Waals surface area contributed by atoms with Crippen molar-refractivity contribution in [3.63, 3.8) is 0 Å². The van der Waals surface area contributed by atoms with Crippen LogP contribution in [0.2, 0.25) is 15.1 Å². The van der Waals surface area contributed by atoms with Crippen LogP contribution in [0.1, 0.15) is 31.2 Å².